The summed E-state index contributed by atoms with van der Waals surface area (Å²) in [5, 5.41) is 6.92. The lowest BCUT2D eigenvalue weighted by Crippen LogP contribution is -2.28. The molecule has 0 saturated carbocycles. The first kappa shape index (κ1) is 16.1. The normalized spacial score (nSPS) is 9.95. The van der Waals surface area contributed by atoms with Gasteiger partial charge in [-0.2, -0.15) is 0 Å². The van der Waals surface area contributed by atoms with Gasteiger partial charge in [-0.15, -0.1) is 0 Å². The highest BCUT2D eigenvalue weighted by Gasteiger charge is 2.03. The van der Waals surface area contributed by atoms with Crippen LogP contribution < -0.4 is 20.3 Å². The number of ether oxygens (including phenoxy) is 1. The molecule has 4 nitrogen and oxygen atoms in total. The molecule has 116 valence electrons. The van der Waals surface area contributed by atoms with E-state index in [0.717, 1.165) is 11.4 Å². The number of methoxy groups -OCH3 is 1. The summed E-state index contributed by atoms with van der Waals surface area (Å²) in [5.74, 6) is 0.766. The minimum absolute atomic E-state index is 0.571. The van der Waals surface area contributed by atoms with Crippen molar-refractivity contribution in [3.8, 4) is 5.75 Å². The molecule has 0 unspecified atom stereocenters. The van der Waals surface area contributed by atoms with E-state index in [1.54, 1.807) is 7.11 Å². The van der Waals surface area contributed by atoms with E-state index in [4.69, 9.17) is 17.0 Å². The van der Waals surface area contributed by atoms with Gasteiger partial charge in [-0.05, 0) is 42.0 Å². The molecule has 0 saturated heterocycles. The zero-order valence-electron chi connectivity index (χ0n) is 13.1. The molecule has 0 amide bonds. The molecule has 2 rings (SSSR count). The molecule has 0 aliphatic rings. The van der Waals surface area contributed by atoms with E-state index in [2.05, 4.69) is 39.8 Å². The Morgan fingerprint density at radius 1 is 1.09 bits per heavy atom. The number of hydrogen-bond donors (Lipinski definition) is 2. The first-order chi connectivity index (χ1) is 10.6. The number of rotatable bonds is 5. The highest BCUT2D eigenvalue weighted by atomic mass is 32.1. The van der Waals surface area contributed by atoms with E-state index in [0.29, 0.717) is 11.7 Å². The molecule has 0 aliphatic carbocycles. The second kappa shape index (κ2) is 7.66. The van der Waals surface area contributed by atoms with Crippen LogP contribution in [0.5, 0.6) is 5.75 Å². The van der Waals surface area contributed by atoms with Crippen LogP contribution >= 0.6 is 12.2 Å². The smallest absolute Gasteiger partial charge is 0.171 e. The Balaban J connectivity index is 1.90. The van der Waals surface area contributed by atoms with Gasteiger partial charge in [0.2, 0.25) is 0 Å². The van der Waals surface area contributed by atoms with Crippen molar-refractivity contribution in [1.29, 1.82) is 0 Å². The van der Waals surface area contributed by atoms with Crippen molar-refractivity contribution >= 4 is 28.7 Å². The van der Waals surface area contributed by atoms with Gasteiger partial charge in [0, 0.05) is 26.3 Å². The largest absolute Gasteiger partial charge is 0.495 e. The molecule has 0 spiro atoms. The van der Waals surface area contributed by atoms with Gasteiger partial charge in [-0.25, -0.2) is 0 Å². The van der Waals surface area contributed by atoms with Gasteiger partial charge in [0.25, 0.3) is 0 Å². The summed E-state index contributed by atoms with van der Waals surface area (Å²) < 4.78 is 5.29. The third-order valence-electron chi connectivity index (χ3n) is 3.26. The van der Waals surface area contributed by atoms with Gasteiger partial charge >= 0.3 is 0 Å². The summed E-state index contributed by atoms with van der Waals surface area (Å²) in [4.78, 5) is 2.07. The van der Waals surface area contributed by atoms with Crippen molar-refractivity contribution < 1.29 is 4.74 Å². The van der Waals surface area contributed by atoms with E-state index in [9.17, 15) is 0 Å². The highest BCUT2D eigenvalue weighted by Crippen LogP contribution is 2.22. The van der Waals surface area contributed by atoms with Gasteiger partial charge in [0.1, 0.15) is 5.75 Å². The molecule has 0 aliphatic heterocycles. The fraction of sp³-hybridized carbons (Fsp3) is 0.235. The van der Waals surface area contributed by atoms with Gasteiger partial charge in [0.15, 0.2) is 5.11 Å². The summed E-state index contributed by atoms with van der Waals surface area (Å²) in [6.45, 7) is 0.675. The highest BCUT2D eigenvalue weighted by molar-refractivity contribution is 7.80. The van der Waals surface area contributed by atoms with Crippen LogP contribution in [0, 0.1) is 0 Å². The number of hydrogen-bond acceptors (Lipinski definition) is 3. The lowest BCUT2D eigenvalue weighted by Gasteiger charge is -2.15. The maximum atomic E-state index is 5.32. The second-order valence-corrected chi connectivity index (χ2v) is 5.48. The lowest BCUT2D eigenvalue weighted by atomic mass is 10.2. The Morgan fingerprint density at radius 3 is 2.41 bits per heavy atom. The van der Waals surface area contributed by atoms with Crippen LogP contribution in [0.25, 0.3) is 0 Å². The molecular weight excluding hydrogens is 294 g/mol. The SMILES string of the molecule is COc1ccccc1NC(=S)NCc1ccc(N(C)C)cc1. The monoisotopic (exact) mass is 315 g/mol. The number of thiocarbonyl (C=S) groups is 1. The molecule has 0 aromatic heterocycles. The Kier molecular flexibility index (Phi) is 5.61. The molecule has 0 heterocycles. The van der Waals surface area contributed by atoms with Crippen molar-refractivity contribution in [3.63, 3.8) is 0 Å². The number of anilines is 2. The van der Waals surface area contributed by atoms with Crippen molar-refractivity contribution in [2.45, 2.75) is 6.54 Å². The minimum atomic E-state index is 0.571. The number of nitrogens with one attached hydrogen (secondary N) is 2. The first-order valence-electron chi connectivity index (χ1n) is 7.04. The summed E-state index contributed by atoms with van der Waals surface area (Å²) in [6.07, 6.45) is 0. The topological polar surface area (TPSA) is 36.5 Å². The van der Waals surface area contributed by atoms with Crippen LogP contribution in [0.2, 0.25) is 0 Å². The van der Waals surface area contributed by atoms with E-state index in [1.807, 2.05) is 38.4 Å². The molecule has 2 aromatic rings. The number of para-hydroxylation sites is 2. The summed E-state index contributed by atoms with van der Waals surface area (Å²) in [6, 6.07) is 16.0. The Hall–Kier alpha value is -2.27. The average molecular weight is 315 g/mol. The predicted molar refractivity (Wildman–Crippen MR) is 96.8 cm³/mol. The van der Waals surface area contributed by atoms with Crippen molar-refractivity contribution in [2.24, 2.45) is 0 Å². The molecule has 0 atom stereocenters. The maximum absolute atomic E-state index is 5.32. The molecule has 2 N–H and O–H groups in total. The van der Waals surface area contributed by atoms with Crippen LogP contribution in [-0.2, 0) is 6.54 Å². The predicted octanol–water partition coefficient (Wildman–Crippen LogP) is 3.25. The standard InChI is InChI=1S/C17H21N3OS/c1-20(2)14-10-8-13(9-11-14)12-18-17(22)19-15-6-4-5-7-16(15)21-3/h4-11H,12H2,1-3H3,(H2,18,19,22). The lowest BCUT2D eigenvalue weighted by molar-refractivity contribution is 0.417. The molecular formula is C17H21N3OS. The summed E-state index contributed by atoms with van der Waals surface area (Å²) in [7, 11) is 5.70. The zero-order chi connectivity index (χ0) is 15.9. The van der Waals surface area contributed by atoms with Crippen LogP contribution in [0.1, 0.15) is 5.56 Å². The molecule has 2 aromatic carbocycles. The van der Waals surface area contributed by atoms with Crippen molar-refractivity contribution in [3.05, 3.63) is 54.1 Å². The summed E-state index contributed by atoms with van der Waals surface area (Å²) in [5.41, 5.74) is 3.21. The van der Waals surface area contributed by atoms with E-state index in [-0.39, 0.29) is 0 Å². The fourth-order valence-electron chi connectivity index (χ4n) is 2.01. The van der Waals surface area contributed by atoms with E-state index < -0.39 is 0 Å². The van der Waals surface area contributed by atoms with Gasteiger partial charge < -0.3 is 20.3 Å². The minimum Gasteiger partial charge on any atom is -0.495 e. The van der Waals surface area contributed by atoms with Crippen molar-refractivity contribution in [1.82, 2.24) is 5.32 Å². The van der Waals surface area contributed by atoms with Crippen molar-refractivity contribution in [2.75, 3.05) is 31.4 Å². The third kappa shape index (κ3) is 4.36. The number of nitrogens with zero attached hydrogens (tertiary/aromatic N) is 1. The van der Waals surface area contributed by atoms with Gasteiger partial charge in [-0.1, -0.05) is 24.3 Å². The van der Waals surface area contributed by atoms with E-state index >= 15 is 0 Å². The first-order valence-corrected chi connectivity index (χ1v) is 7.45. The number of benzene rings is 2. The Morgan fingerprint density at radius 2 is 1.77 bits per heavy atom. The second-order valence-electron chi connectivity index (χ2n) is 5.07. The Bertz CT molecular complexity index is 626. The molecule has 0 fully saturated rings. The van der Waals surface area contributed by atoms with Crippen LogP contribution in [0.4, 0.5) is 11.4 Å². The Labute approximate surface area is 137 Å². The fourth-order valence-corrected chi connectivity index (χ4v) is 2.19. The van der Waals surface area contributed by atoms with Gasteiger partial charge in [0.05, 0.1) is 12.8 Å². The molecule has 0 radical (unpaired) electrons. The van der Waals surface area contributed by atoms with E-state index in [1.165, 1.54) is 11.3 Å². The summed E-state index contributed by atoms with van der Waals surface area (Å²) >= 11 is 5.32. The van der Waals surface area contributed by atoms with Crippen LogP contribution in [0.15, 0.2) is 48.5 Å². The quantitative estimate of drug-likeness (QED) is 0.828. The van der Waals surface area contributed by atoms with Gasteiger partial charge in [-0.3, -0.25) is 0 Å². The van der Waals surface area contributed by atoms with Crippen LogP contribution in [0.3, 0.4) is 0 Å². The average Bonchev–Trinajstić information content (AvgIpc) is 2.54. The molecule has 0 bridgehead atoms. The molecule has 5 heteroatoms. The van der Waals surface area contributed by atoms with Crippen LogP contribution in [-0.4, -0.2) is 26.3 Å². The molecule has 22 heavy (non-hydrogen) atoms. The maximum Gasteiger partial charge on any atom is 0.171 e. The third-order valence-corrected chi connectivity index (χ3v) is 3.51. The zero-order valence-corrected chi connectivity index (χ0v) is 13.9.